The van der Waals surface area contributed by atoms with Gasteiger partial charge in [-0.25, -0.2) is 9.59 Å². The van der Waals surface area contributed by atoms with E-state index < -0.39 is 12.1 Å². The maximum atomic E-state index is 12.2. The number of fused-ring (bicyclic) bond motifs is 3. The molecule has 1 aliphatic rings. The highest BCUT2D eigenvalue weighted by atomic mass is 32.1. The Morgan fingerprint density at radius 3 is 2.22 bits per heavy atom. The van der Waals surface area contributed by atoms with Crippen molar-refractivity contribution in [2.24, 2.45) is 0 Å². The number of ether oxygens (including phenoxy) is 1. The maximum Gasteiger partial charge on any atom is 0.411 e. The Morgan fingerprint density at radius 2 is 1.67 bits per heavy atom. The summed E-state index contributed by atoms with van der Waals surface area (Å²) in [4.78, 5) is 23.6. The third-order valence-corrected chi connectivity index (χ3v) is 5.88. The fourth-order valence-electron chi connectivity index (χ4n) is 3.50. The van der Waals surface area contributed by atoms with Crippen LogP contribution in [-0.4, -0.2) is 23.8 Å². The number of thiophene rings is 1. The van der Waals surface area contributed by atoms with Crippen LogP contribution in [0.25, 0.3) is 11.1 Å². The summed E-state index contributed by atoms with van der Waals surface area (Å²) in [6, 6.07) is 16.3. The van der Waals surface area contributed by atoms with E-state index in [1.165, 1.54) is 11.1 Å². The summed E-state index contributed by atoms with van der Waals surface area (Å²) >= 11 is 1.08. The Bertz CT molecular complexity index is 995. The van der Waals surface area contributed by atoms with Crippen molar-refractivity contribution in [3.63, 3.8) is 0 Å². The molecule has 1 aromatic heterocycles. The Labute approximate surface area is 160 Å². The van der Waals surface area contributed by atoms with Crippen molar-refractivity contribution in [2.75, 3.05) is 11.9 Å². The first-order valence-corrected chi connectivity index (χ1v) is 9.37. The molecule has 136 valence electrons. The van der Waals surface area contributed by atoms with Gasteiger partial charge < -0.3 is 9.84 Å². The van der Waals surface area contributed by atoms with Crippen molar-refractivity contribution < 1.29 is 19.4 Å². The van der Waals surface area contributed by atoms with Crippen LogP contribution in [0.3, 0.4) is 0 Å². The SMILES string of the molecule is Cc1c(NC(=O)OCC2c3ccccc3-c3ccccc32)csc1C(=O)O. The third kappa shape index (κ3) is 3.08. The van der Waals surface area contributed by atoms with E-state index >= 15 is 0 Å². The number of carboxylic acids is 1. The molecule has 0 radical (unpaired) electrons. The lowest BCUT2D eigenvalue weighted by atomic mass is 9.98. The van der Waals surface area contributed by atoms with E-state index in [1.54, 1.807) is 12.3 Å². The summed E-state index contributed by atoms with van der Waals surface area (Å²) in [5.41, 5.74) is 5.62. The molecule has 0 unspecified atom stereocenters. The number of anilines is 1. The van der Waals surface area contributed by atoms with Crippen LogP contribution < -0.4 is 5.32 Å². The Kier molecular flexibility index (Phi) is 4.41. The van der Waals surface area contributed by atoms with E-state index in [0.29, 0.717) is 11.3 Å². The van der Waals surface area contributed by atoms with Crippen LogP contribution in [0.1, 0.15) is 32.3 Å². The first-order chi connectivity index (χ1) is 13.1. The highest BCUT2D eigenvalue weighted by molar-refractivity contribution is 7.12. The Morgan fingerprint density at radius 1 is 1.07 bits per heavy atom. The second kappa shape index (κ2) is 6.89. The summed E-state index contributed by atoms with van der Waals surface area (Å²) in [7, 11) is 0. The molecule has 6 heteroatoms. The normalized spacial score (nSPS) is 12.3. The van der Waals surface area contributed by atoms with Gasteiger partial charge in [-0.1, -0.05) is 48.5 Å². The number of hydrogen-bond donors (Lipinski definition) is 2. The van der Waals surface area contributed by atoms with E-state index in [0.717, 1.165) is 22.5 Å². The number of carboxylic acid groups (broad SMARTS) is 1. The van der Waals surface area contributed by atoms with Crippen molar-refractivity contribution in [1.29, 1.82) is 0 Å². The monoisotopic (exact) mass is 379 g/mol. The molecule has 1 heterocycles. The van der Waals surface area contributed by atoms with Gasteiger partial charge in [-0.15, -0.1) is 11.3 Å². The van der Waals surface area contributed by atoms with Crippen LogP contribution >= 0.6 is 11.3 Å². The van der Waals surface area contributed by atoms with Crippen LogP contribution in [0.5, 0.6) is 0 Å². The number of rotatable bonds is 4. The molecule has 27 heavy (non-hydrogen) atoms. The van der Waals surface area contributed by atoms with Gasteiger partial charge in [-0.05, 0) is 34.7 Å². The topological polar surface area (TPSA) is 75.6 Å². The van der Waals surface area contributed by atoms with Gasteiger partial charge in [-0.2, -0.15) is 0 Å². The molecule has 0 saturated carbocycles. The minimum atomic E-state index is -1.00. The lowest BCUT2D eigenvalue weighted by Crippen LogP contribution is -2.18. The molecule has 0 spiro atoms. The van der Waals surface area contributed by atoms with Crippen LogP contribution in [-0.2, 0) is 4.74 Å². The highest BCUT2D eigenvalue weighted by Crippen LogP contribution is 2.44. The van der Waals surface area contributed by atoms with Crippen LogP contribution in [0.4, 0.5) is 10.5 Å². The molecule has 0 fully saturated rings. The van der Waals surface area contributed by atoms with Crippen LogP contribution in [0, 0.1) is 6.92 Å². The van der Waals surface area contributed by atoms with Gasteiger partial charge in [0.1, 0.15) is 11.5 Å². The second-order valence-electron chi connectivity index (χ2n) is 6.36. The van der Waals surface area contributed by atoms with Gasteiger partial charge in [0, 0.05) is 11.3 Å². The van der Waals surface area contributed by atoms with Crippen molar-refractivity contribution in [3.05, 3.63) is 75.5 Å². The van der Waals surface area contributed by atoms with Gasteiger partial charge in [0.2, 0.25) is 0 Å². The van der Waals surface area contributed by atoms with Gasteiger partial charge >= 0.3 is 12.1 Å². The highest BCUT2D eigenvalue weighted by Gasteiger charge is 2.29. The van der Waals surface area contributed by atoms with Crippen molar-refractivity contribution in [2.45, 2.75) is 12.8 Å². The van der Waals surface area contributed by atoms with Crippen molar-refractivity contribution >= 4 is 29.1 Å². The second-order valence-corrected chi connectivity index (χ2v) is 7.24. The largest absolute Gasteiger partial charge is 0.477 e. The molecule has 2 N–H and O–H groups in total. The number of aromatic carboxylic acids is 1. The summed E-state index contributed by atoms with van der Waals surface area (Å²) in [5.74, 6) is -1.01. The standard InChI is InChI=1S/C21H17NO4S/c1-12-18(11-27-19(12)20(23)24)22-21(25)26-10-17-15-8-4-2-6-13(15)14-7-3-5-9-16(14)17/h2-9,11,17H,10H2,1H3,(H,22,25)(H,23,24). The lowest BCUT2D eigenvalue weighted by Gasteiger charge is -2.14. The first kappa shape index (κ1) is 17.3. The third-order valence-electron chi connectivity index (χ3n) is 4.81. The predicted molar refractivity (Wildman–Crippen MR) is 105 cm³/mol. The molecule has 5 nitrogen and oxygen atoms in total. The first-order valence-electron chi connectivity index (χ1n) is 8.49. The number of amides is 1. The number of carbonyl (C=O) groups excluding carboxylic acids is 1. The number of carbonyl (C=O) groups is 2. The van der Waals surface area contributed by atoms with Gasteiger partial charge in [0.05, 0.1) is 5.69 Å². The van der Waals surface area contributed by atoms with Crippen molar-refractivity contribution in [3.8, 4) is 11.1 Å². The lowest BCUT2D eigenvalue weighted by molar-refractivity contribution is 0.0701. The van der Waals surface area contributed by atoms with Crippen molar-refractivity contribution in [1.82, 2.24) is 0 Å². The number of hydrogen-bond acceptors (Lipinski definition) is 4. The number of nitrogens with one attached hydrogen (secondary N) is 1. The molecular formula is C21H17NO4S. The predicted octanol–water partition coefficient (Wildman–Crippen LogP) is 5.12. The number of benzene rings is 2. The molecule has 3 aromatic rings. The molecule has 0 atom stereocenters. The Balaban J connectivity index is 1.49. The van der Waals surface area contributed by atoms with E-state index in [2.05, 4.69) is 29.6 Å². The van der Waals surface area contributed by atoms with Crippen LogP contribution in [0.2, 0.25) is 0 Å². The van der Waals surface area contributed by atoms with Gasteiger partial charge in [-0.3, -0.25) is 5.32 Å². The zero-order valence-electron chi connectivity index (χ0n) is 14.6. The maximum absolute atomic E-state index is 12.2. The van der Waals surface area contributed by atoms with E-state index in [9.17, 15) is 9.59 Å². The average Bonchev–Trinajstić information content (AvgIpc) is 3.18. The molecule has 0 aliphatic heterocycles. The summed E-state index contributed by atoms with van der Waals surface area (Å²) in [5, 5.41) is 13.4. The smallest absolute Gasteiger partial charge is 0.411 e. The van der Waals surface area contributed by atoms with E-state index in [-0.39, 0.29) is 17.4 Å². The summed E-state index contributed by atoms with van der Waals surface area (Å²) in [6.07, 6.45) is -0.588. The summed E-state index contributed by atoms with van der Waals surface area (Å²) in [6.45, 7) is 1.88. The molecule has 1 amide bonds. The zero-order valence-corrected chi connectivity index (χ0v) is 15.4. The molecule has 0 saturated heterocycles. The molecular weight excluding hydrogens is 362 g/mol. The minimum Gasteiger partial charge on any atom is -0.477 e. The Hall–Kier alpha value is -3.12. The summed E-state index contributed by atoms with van der Waals surface area (Å²) < 4.78 is 5.48. The molecule has 2 aromatic carbocycles. The van der Waals surface area contributed by atoms with E-state index in [4.69, 9.17) is 9.84 Å². The molecule has 1 aliphatic carbocycles. The fraction of sp³-hybridized carbons (Fsp3) is 0.143. The van der Waals surface area contributed by atoms with Gasteiger partial charge in [0.15, 0.2) is 0 Å². The zero-order chi connectivity index (χ0) is 19.0. The quantitative estimate of drug-likeness (QED) is 0.660. The molecule has 0 bridgehead atoms. The average molecular weight is 379 g/mol. The van der Waals surface area contributed by atoms with Gasteiger partial charge in [0.25, 0.3) is 0 Å². The van der Waals surface area contributed by atoms with Crippen LogP contribution in [0.15, 0.2) is 53.9 Å². The molecule has 4 rings (SSSR count). The fourth-order valence-corrected chi connectivity index (χ4v) is 4.35. The minimum absolute atomic E-state index is 0.0127. The van der Waals surface area contributed by atoms with E-state index in [1.807, 2.05) is 24.3 Å².